The Morgan fingerprint density at radius 3 is 2.81 bits per heavy atom. The molecule has 140 valence electrons. The van der Waals surface area contributed by atoms with Crippen molar-refractivity contribution in [2.24, 2.45) is 5.92 Å². The Hall–Kier alpha value is -3.42. The molecule has 2 aromatic rings. The third kappa shape index (κ3) is 4.05. The number of ether oxygens (including phenoxy) is 1. The van der Waals surface area contributed by atoms with Crippen LogP contribution in [0.2, 0.25) is 0 Å². The Labute approximate surface area is 155 Å². The summed E-state index contributed by atoms with van der Waals surface area (Å²) in [6, 6.07) is 12.9. The largest absolute Gasteiger partial charge is 0.492 e. The number of carbonyl (C=O) groups excluding carboxylic acids is 2. The minimum atomic E-state index is -0.550. The zero-order chi connectivity index (χ0) is 19.4. The van der Waals surface area contributed by atoms with E-state index < -0.39 is 10.8 Å². The van der Waals surface area contributed by atoms with Crippen molar-refractivity contribution in [1.29, 1.82) is 0 Å². The van der Waals surface area contributed by atoms with E-state index in [1.54, 1.807) is 23.1 Å². The van der Waals surface area contributed by atoms with Crippen molar-refractivity contribution < 1.29 is 19.2 Å². The minimum Gasteiger partial charge on any atom is -0.492 e. The number of para-hydroxylation sites is 2. The normalized spacial score (nSPS) is 16.3. The van der Waals surface area contributed by atoms with Crippen molar-refractivity contribution in [1.82, 2.24) is 0 Å². The molecule has 1 aliphatic rings. The second-order valence-corrected chi connectivity index (χ2v) is 6.10. The summed E-state index contributed by atoms with van der Waals surface area (Å²) in [6.07, 6.45) is 0.0707. The number of benzene rings is 2. The minimum absolute atomic E-state index is 0.0707. The maximum Gasteiger partial charge on any atom is 0.271 e. The molecule has 0 radical (unpaired) electrons. The average molecular weight is 369 g/mol. The molecule has 8 nitrogen and oxygen atoms in total. The van der Waals surface area contributed by atoms with Crippen LogP contribution in [-0.2, 0) is 9.59 Å². The van der Waals surface area contributed by atoms with Gasteiger partial charge < -0.3 is 15.0 Å². The second-order valence-electron chi connectivity index (χ2n) is 6.10. The van der Waals surface area contributed by atoms with E-state index >= 15 is 0 Å². The van der Waals surface area contributed by atoms with Gasteiger partial charge in [0.1, 0.15) is 5.75 Å². The van der Waals surface area contributed by atoms with E-state index in [1.807, 2.05) is 19.1 Å². The van der Waals surface area contributed by atoms with Gasteiger partial charge in [0.2, 0.25) is 11.8 Å². The molecule has 2 aromatic carbocycles. The summed E-state index contributed by atoms with van der Waals surface area (Å²) in [5.74, 6) is -0.471. The van der Waals surface area contributed by atoms with Crippen LogP contribution < -0.4 is 15.0 Å². The third-order valence-electron chi connectivity index (χ3n) is 4.28. The molecule has 1 aliphatic heterocycles. The summed E-state index contributed by atoms with van der Waals surface area (Å²) < 4.78 is 5.57. The number of hydrogen-bond acceptors (Lipinski definition) is 5. The maximum atomic E-state index is 12.5. The molecule has 0 saturated carbocycles. The molecule has 1 saturated heterocycles. The summed E-state index contributed by atoms with van der Waals surface area (Å²) in [5.41, 5.74) is 0.854. The van der Waals surface area contributed by atoms with Crippen LogP contribution >= 0.6 is 0 Å². The van der Waals surface area contributed by atoms with Crippen LogP contribution in [-0.4, -0.2) is 29.9 Å². The van der Waals surface area contributed by atoms with Gasteiger partial charge in [-0.05, 0) is 25.1 Å². The van der Waals surface area contributed by atoms with Gasteiger partial charge in [0.05, 0.1) is 23.1 Å². The summed E-state index contributed by atoms with van der Waals surface area (Å²) in [7, 11) is 0. The molecule has 0 bridgehead atoms. The highest BCUT2D eigenvalue weighted by atomic mass is 16.6. The molecule has 1 atom stereocenters. The zero-order valence-electron chi connectivity index (χ0n) is 14.8. The van der Waals surface area contributed by atoms with E-state index in [0.717, 1.165) is 0 Å². The van der Waals surface area contributed by atoms with Gasteiger partial charge in [-0.15, -0.1) is 0 Å². The van der Waals surface area contributed by atoms with E-state index in [-0.39, 0.29) is 30.5 Å². The van der Waals surface area contributed by atoms with E-state index in [4.69, 9.17) is 4.74 Å². The van der Waals surface area contributed by atoms with Gasteiger partial charge in [-0.3, -0.25) is 19.7 Å². The Kier molecular flexibility index (Phi) is 5.35. The quantitative estimate of drug-likeness (QED) is 0.623. The highest BCUT2D eigenvalue weighted by molar-refractivity contribution is 6.04. The van der Waals surface area contributed by atoms with Crippen molar-refractivity contribution >= 4 is 28.9 Å². The lowest BCUT2D eigenvalue weighted by Crippen LogP contribution is -2.28. The molecule has 1 unspecified atom stereocenters. The molecule has 0 aromatic heterocycles. The first-order chi connectivity index (χ1) is 13.0. The molecule has 0 spiro atoms. The first-order valence-electron chi connectivity index (χ1n) is 8.57. The van der Waals surface area contributed by atoms with E-state index in [0.29, 0.717) is 23.7 Å². The van der Waals surface area contributed by atoms with E-state index in [1.165, 1.54) is 18.2 Å². The Morgan fingerprint density at radius 2 is 2.07 bits per heavy atom. The molecule has 0 aliphatic carbocycles. The maximum absolute atomic E-state index is 12.5. The monoisotopic (exact) mass is 369 g/mol. The van der Waals surface area contributed by atoms with Crippen LogP contribution in [0.4, 0.5) is 17.1 Å². The van der Waals surface area contributed by atoms with Crippen molar-refractivity contribution in [2.45, 2.75) is 13.3 Å². The highest BCUT2D eigenvalue weighted by Gasteiger charge is 2.36. The first-order valence-corrected chi connectivity index (χ1v) is 8.57. The lowest BCUT2D eigenvalue weighted by atomic mass is 10.1. The first kappa shape index (κ1) is 18.4. The predicted octanol–water partition coefficient (Wildman–Crippen LogP) is 2.99. The van der Waals surface area contributed by atoms with Crippen LogP contribution in [0.15, 0.2) is 48.5 Å². The van der Waals surface area contributed by atoms with Crippen LogP contribution in [0.3, 0.4) is 0 Å². The van der Waals surface area contributed by atoms with Gasteiger partial charge >= 0.3 is 0 Å². The van der Waals surface area contributed by atoms with Gasteiger partial charge in [-0.1, -0.05) is 18.2 Å². The molecule has 8 heteroatoms. The van der Waals surface area contributed by atoms with Gasteiger partial charge in [0.25, 0.3) is 5.69 Å². The molecular weight excluding hydrogens is 350 g/mol. The fraction of sp³-hybridized carbons (Fsp3) is 0.263. The number of hydrogen-bond donors (Lipinski definition) is 1. The van der Waals surface area contributed by atoms with Crippen molar-refractivity contribution in [3.63, 3.8) is 0 Å². The number of amides is 2. The Bertz CT molecular complexity index is 883. The number of nitrogens with zero attached hydrogens (tertiary/aromatic N) is 2. The standard InChI is InChI=1S/C19H19N3O5/c1-2-27-17-9-4-3-8-16(17)21-12-13(10-18(21)23)19(24)20-14-6-5-7-15(11-14)22(25)26/h3-9,11,13H,2,10,12H2,1H3,(H,20,24). The van der Waals surface area contributed by atoms with Gasteiger partial charge in [-0.25, -0.2) is 0 Å². The fourth-order valence-electron chi connectivity index (χ4n) is 3.02. The molecule has 3 rings (SSSR count). The van der Waals surface area contributed by atoms with E-state index in [2.05, 4.69) is 5.32 Å². The highest BCUT2D eigenvalue weighted by Crippen LogP contribution is 2.33. The van der Waals surface area contributed by atoms with E-state index in [9.17, 15) is 19.7 Å². The number of nitro groups is 1. The van der Waals surface area contributed by atoms with Crippen LogP contribution in [0.5, 0.6) is 5.75 Å². The summed E-state index contributed by atoms with van der Waals surface area (Å²) >= 11 is 0. The SMILES string of the molecule is CCOc1ccccc1N1CC(C(=O)Nc2cccc([N+](=O)[O-])c2)CC1=O. The topological polar surface area (TPSA) is 102 Å². The smallest absolute Gasteiger partial charge is 0.271 e. The third-order valence-corrected chi connectivity index (χ3v) is 4.28. The van der Waals surface area contributed by atoms with Crippen LogP contribution in [0.1, 0.15) is 13.3 Å². The predicted molar refractivity (Wildman–Crippen MR) is 99.8 cm³/mol. The average Bonchev–Trinajstić information content (AvgIpc) is 3.04. The molecule has 2 amide bonds. The fourth-order valence-corrected chi connectivity index (χ4v) is 3.02. The lowest BCUT2D eigenvalue weighted by Gasteiger charge is -2.20. The molecular formula is C19H19N3O5. The second kappa shape index (κ2) is 7.86. The summed E-state index contributed by atoms with van der Waals surface area (Å²) in [5, 5.41) is 13.5. The Balaban J connectivity index is 1.73. The number of nitro benzene ring substituents is 1. The summed E-state index contributed by atoms with van der Waals surface area (Å²) in [6.45, 7) is 2.55. The number of rotatable bonds is 6. The van der Waals surface area contributed by atoms with Gasteiger partial charge in [0, 0.05) is 30.8 Å². The Morgan fingerprint density at radius 1 is 1.30 bits per heavy atom. The van der Waals surface area contributed by atoms with Gasteiger partial charge in [-0.2, -0.15) is 0 Å². The lowest BCUT2D eigenvalue weighted by molar-refractivity contribution is -0.384. The van der Waals surface area contributed by atoms with Crippen LogP contribution in [0, 0.1) is 16.0 Å². The van der Waals surface area contributed by atoms with Gasteiger partial charge in [0.15, 0.2) is 0 Å². The molecule has 27 heavy (non-hydrogen) atoms. The zero-order valence-corrected chi connectivity index (χ0v) is 14.8. The van der Waals surface area contributed by atoms with Crippen molar-refractivity contribution in [3.8, 4) is 5.75 Å². The molecule has 1 fully saturated rings. The van der Waals surface area contributed by atoms with Crippen molar-refractivity contribution in [3.05, 3.63) is 58.6 Å². The van der Waals surface area contributed by atoms with Crippen molar-refractivity contribution in [2.75, 3.05) is 23.4 Å². The van der Waals surface area contributed by atoms with Crippen LogP contribution in [0.25, 0.3) is 0 Å². The summed E-state index contributed by atoms with van der Waals surface area (Å²) in [4.78, 5) is 36.9. The number of anilines is 2. The molecule has 1 N–H and O–H groups in total. The molecule has 1 heterocycles. The number of nitrogens with one attached hydrogen (secondary N) is 1. The number of non-ortho nitro benzene ring substituents is 1. The number of carbonyl (C=O) groups is 2.